The number of nitriles is 1. The fraction of sp³-hybridized carbons (Fsp3) is 0.182. The topological polar surface area (TPSA) is 115 Å². The van der Waals surface area contributed by atoms with Crippen molar-refractivity contribution in [3.8, 4) is 16.8 Å². The van der Waals surface area contributed by atoms with E-state index in [1.807, 2.05) is 35.9 Å². The Bertz CT molecular complexity index is 1330. The van der Waals surface area contributed by atoms with Crippen molar-refractivity contribution in [2.75, 3.05) is 16.9 Å². The molecule has 4 aromatic rings. The van der Waals surface area contributed by atoms with Crippen LogP contribution in [0, 0.1) is 31.0 Å². The molecule has 0 saturated carbocycles. The summed E-state index contributed by atoms with van der Waals surface area (Å²) in [7, 11) is 0. The number of carbonyl (C=O) groups excluding carboxylic acids is 1. The Labute approximate surface area is 197 Å². The lowest BCUT2D eigenvalue weighted by Crippen LogP contribution is -2.19. The molecule has 0 unspecified atom stereocenters. The summed E-state index contributed by atoms with van der Waals surface area (Å²) in [6, 6.07) is 12.1. The summed E-state index contributed by atoms with van der Waals surface area (Å²) >= 11 is 2.65. The second kappa shape index (κ2) is 9.48. The molecule has 0 bridgehead atoms. The number of nitrogen functional groups attached to an aromatic ring is 1. The molecular weight excluding hydrogens is 461 g/mol. The van der Waals surface area contributed by atoms with Crippen molar-refractivity contribution in [3.05, 3.63) is 70.0 Å². The number of benzene rings is 1. The van der Waals surface area contributed by atoms with Gasteiger partial charge in [0.15, 0.2) is 5.82 Å². The second-order valence-corrected chi connectivity index (χ2v) is 9.14. The summed E-state index contributed by atoms with van der Waals surface area (Å²) in [5, 5.41) is 23.0. The summed E-state index contributed by atoms with van der Waals surface area (Å²) < 4.78 is 16.5. The van der Waals surface area contributed by atoms with Gasteiger partial charge in [0.05, 0.1) is 16.2 Å². The molecule has 0 aliphatic carbocycles. The van der Waals surface area contributed by atoms with Crippen LogP contribution in [-0.2, 0) is 11.3 Å². The van der Waals surface area contributed by atoms with Crippen molar-refractivity contribution in [1.29, 1.82) is 5.26 Å². The van der Waals surface area contributed by atoms with Crippen LogP contribution in [0.15, 0.2) is 46.9 Å². The lowest BCUT2D eigenvalue weighted by Gasteiger charge is -2.13. The van der Waals surface area contributed by atoms with E-state index in [4.69, 9.17) is 5.84 Å². The summed E-state index contributed by atoms with van der Waals surface area (Å²) in [6.45, 7) is 4.11. The number of thioether (sulfide) groups is 1. The van der Waals surface area contributed by atoms with Crippen LogP contribution in [0.4, 0.5) is 10.2 Å². The molecule has 0 atom stereocenters. The van der Waals surface area contributed by atoms with Crippen molar-refractivity contribution in [2.45, 2.75) is 25.5 Å². The Kier molecular flexibility index (Phi) is 6.48. The molecule has 0 spiro atoms. The zero-order valence-electron chi connectivity index (χ0n) is 17.9. The minimum Gasteiger partial charge on any atom is -0.335 e. The van der Waals surface area contributed by atoms with Crippen LogP contribution in [0.1, 0.15) is 22.4 Å². The fourth-order valence-electron chi connectivity index (χ4n) is 3.35. The first-order valence-corrected chi connectivity index (χ1v) is 11.8. The summed E-state index contributed by atoms with van der Waals surface area (Å²) in [4.78, 5) is 13.6. The normalized spacial score (nSPS) is 10.8. The van der Waals surface area contributed by atoms with E-state index < -0.39 is 0 Å². The molecule has 3 heterocycles. The Morgan fingerprint density at radius 3 is 2.70 bits per heavy atom. The zero-order valence-corrected chi connectivity index (χ0v) is 19.5. The molecule has 1 amide bonds. The van der Waals surface area contributed by atoms with Gasteiger partial charge in [0.1, 0.15) is 17.7 Å². The van der Waals surface area contributed by atoms with E-state index in [2.05, 4.69) is 21.6 Å². The number of hydrogen-bond donors (Lipinski definition) is 2. The molecule has 3 N–H and O–H groups in total. The van der Waals surface area contributed by atoms with Crippen LogP contribution in [-0.4, -0.2) is 31.1 Å². The van der Waals surface area contributed by atoms with Gasteiger partial charge >= 0.3 is 0 Å². The van der Waals surface area contributed by atoms with E-state index in [0.717, 1.165) is 33.5 Å². The second-order valence-electron chi connectivity index (χ2n) is 7.25. The Morgan fingerprint density at radius 1 is 1.27 bits per heavy atom. The maximum atomic E-state index is 13.3. The fourth-order valence-corrected chi connectivity index (χ4v) is 4.71. The van der Waals surface area contributed by atoms with E-state index >= 15 is 0 Å². The molecule has 4 rings (SSSR count). The minimum absolute atomic E-state index is 0.0322. The van der Waals surface area contributed by atoms with Crippen LogP contribution >= 0.6 is 23.1 Å². The van der Waals surface area contributed by atoms with Crippen LogP contribution in [0.3, 0.4) is 0 Å². The van der Waals surface area contributed by atoms with Crippen molar-refractivity contribution < 1.29 is 9.18 Å². The predicted molar refractivity (Wildman–Crippen MR) is 127 cm³/mol. The largest absolute Gasteiger partial charge is 0.335 e. The Hall–Kier alpha value is -3.62. The van der Waals surface area contributed by atoms with E-state index in [9.17, 15) is 14.4 Å². The summed E-state index contributed by atoms with van der Waals surface area (Å²) in [5.74, 6) is 6.43. The lowest BCUT2D eigenvalue weighted by atomic mass is 10.2. The monoisotopic (exact) mass is 481 g/mol. The number of nitrogens with zero attached hydrogens (tertiary/aromatic N) is 5. The average molecular weight is 482 g/mol. The van der Waals surface area contributed by atoms with Crippen molar-refractivity contribution in [3.63, 3.8) is 0 Å². The molecule has 11 heteroatoms. The van der Waals surface area contributed by atoms with Gasteiger partial charge in [0.2, 0.25) is 11.1 Å². The first-order chi connectivity index (χ1) is 15.9. The van der Waals surface area contributed by atoms with Gasteiger partial charge in [0.25, 0.3) is 0 Å². The molecule has 3 aromatic heterocycles. The highest BCUT2D eigenvalue weighted by Crippen LogP contribution is 2.28. The highest BCUT2D eigenvalue weighted by molar-refractivity contribution is 7.99. The third-order valence-electron chi connectivity index (χ3n) is 5.19. The van der Waals surface area contributed by atoms with Crippen LogP contribution in [0.5, 0.6) is 0 Å². The molecular formula is C22H20FN7OS2. The molecule has 168 valence electrons. The van der Waals surface area contributed by atoms with Crippen LogP contribution in [0.25, 0.3) is 10.7 Å². The zero-order chi connectivity index (χ0) is 23.5. The number of halogens is 1. The Balaban J connectivity index is 1.51. The SMILES string of the molecule is Cc1c(C#N)c(NC(=O)CSc2nnc(-c3cccs3)n2N)n(Cc2ccc(F)cc2)c1C. The number of carbonyl (C=O) groups is 1. The third kappa shape index (κ3) is 4.62. The predicted octanol–water partition coefficient (Wildman–Crippen LogP) is 3.93. The van der Waals surface area contributed by atoms with Gasteiger partial charge in [-0.3, -0.25) is 4.79 Å². The van der Waals surface area contributed by atoms with Gasteiger partial charge in [0, 0.05) is 12.2 Å². The maximum Gasteiger partial charge on any atom is 0.235 e. The quantitative estimate of drug-likeness (QED) is 0.305. The van der Waals surface area contributed by atoms with E-state index in [-0.39, 0.29) is 17.5 Å². The molecule has 0 saturated heterocycles. The number of anilines is 1. The van der Waals surface area contributed by atoms with Crippen molar-refractivity contribution in [1.82, 2.24) is 19.4 Å². The van der Waals surface area contributed by atoms with Gasteiger partial charge in [-0.05, 0) is 48.6 Å². The summed E-state index contributed by atoms with van der Waals surface area (Å²) in [6.07, 6.45) is 0. The van der Waals surface area contributed by atoms with Gasteiger partial charge < -0.3 is 15.7 Å². The van der Waals surface area contributed by atoms with Crippen molar-refractivity contribution in [2.24, 2.45) is 0 Å². The maximum absolute atomic E-state index is 13.3. The molecule has 0 radical (unpaired) electrons. The standard InChI is InChI=1S/C22H20FN7OS2/c1-13-14(2)29(11-15-5-7-16(23)8-6-15)20(17(13)10-24)26-19(31)12-33-22-28-27-21(30(22)25)18-4-3-9-32-18/h3-9H,11-12,25H2,1-2H3,(H,26,31). The van der Waals surface area contributed by atoms with E-state index in [1.165, 1.54) is 28.1 Å². The molecule has 8 nitrogen and oxygen atoms in total. The molecule has 0 aliphatic rings. The lowest BCUT2D eigenvalue weighted by molar-refractivity contribution is -0.113. The van der Waals surface area contributed by atoms with Crippen molar-refractivity contribution >= 4 is 34.8 Å². The number of nitrogens with two attached hydrogens (primary N) is 1. The number of amides is 1. The number of aromatic nitrogens is 4. The highest BCUT2D eigenvalue weighted by Gasteiger charge is 2.21. The molecule has 33 heavy (non-hydrogen) atoms. The van der Waals surface area contributed by atoms with E-state index in [0.29, 0.717) is 28.9 Å². The van der Waals surface area contributed by atoms with Gasteiger partial charge in [-0.15, -0.1) is 21.5 Å². The van der Waals surface area contributed by atoms with Gasteiger partial charge in [-0.1, -0.05) is 30.0 Å². The smallest absolute Gasteiger partial charge is 0.235 e. The minimum atomic E-state index is -0.322. The number of nitrogens with one attached hydrogen (secondary N) is 1. The first kappa shape index (κ1) is 22.6. The van der Waals surface area contributed by atoms with Gasteiger partial charge in [-0.25, -0.2) is 9.07 Å². The number of thiophene rings is 1. The van der Waals surface area contributed by atoms with Gasteiger partial charge in [-0.2, -0.15) is 5.26 Å². The van der Waals surface area contributed by atoms with Crippen LogP contribution in [0.2, 0.25) is 0 Å². The average Bonchev–Trinajstić information content (AvgIpc) is 3.50. The number of rotatable bonds is 7. The molecule has 1 aromatic carbocycles. The molecule has 0 fully saturated rings. The van der Waals surface area contributed by atoms with Crippen LogP contribution < -0.4 is 11.2 Å². The highest BCUT2D eigenvalue weighted by atomic mass is 32.2. The summed E-state index contributed by atoms with van der Waals surface area (Å²) in [5.41, 5.74) is 2.88. The van der Waals surface area contributed by atoms with E-state index in [1.54, 1.807) is 12.1 Å². The third-order valence-corrected chi connectivity index (χ3v) is 7.00. The molecule has 0 aliphatic heterocycles. The first-order valence-electron chi connectivity index (χ1n) is 9.90. The Morgan fingerprint density at radius 2 is 2.03 bits per heavy atom. The number of hydrogen-bond acceptors (Lipinski definition) is 7.